The molecule has 2 N–H and O–H groups in total. The molecular weight excluding hydrogens is 474 g/mol. The van der Waals surface area contributed by atoms with Gasteiger partial charge in [0.1, 0.15) is 0 Å². The number of hydrogen-bond donors (Lipinski definition) is 2. The van der Waals surface area contributed by atoms with Crippen molar-refractivity contribution in [1.82, 2.24) is 0 Å². The van der Waals surface area contributed by atoms with Crippen LogP contribution in [0.5, 0.6) is 0 Å². The van der Waals surface area contributed by atoms with E-state index in [2.05, 4.69) is 43.3 Å². The highest BCUT2D eigenvalue weighted by Gasteiger charge is 2.34. The molecule has 2 unspecified atom stereocenters. The second-order valence-corrected chi connectivity index (χ2v) is 12.0. The highest BCUT2D eigenvalue weighted by Crippen LogP contribution is 2.60. The van der Waals surface area contributed by atoms with E-state index in [9.17, 15) is 18.9 Å². The Labute approximate surface area is 206 Å². The molecule has 0 spiro atoms. The SMILES string of the molecule is CC(C)=CCCC(C)=CCCC(C)=CCOP(=O)(O)OP(=O)(O)OCC=C(C)CCC=C(C)C. The van der Waals surface area contributed by atoms with Crippen molar-refractivity contribution in [2.75, 3.05) is 13.2 Å². The highest BCUT2D eigenvalue weighted by molar-refractivity contribution is 7.61. The van der Waals surface area contributed by atoms with Crippen molar-refractivity contribution in [1.29, 1.82) is 0 Å². The topological polar surface area (TPSA) is 102 Å². The van der Waals surface area contributed by atoms with Gasteiger partial charge in [-0.3, -0.25) is 9.05 Å². The lowest BCUT2D eigenvalue weighted by atomic mass is 10.1. The fourth-order valence-electron chi connectivity index (χ4n) is 2.75. The first-order chi connectivity index (χ1) is 15.7. The number of rotatable bonds is 17. The molecule has 0 aliphatic rings. The van der Waals surface area contributed by atoms with Crippen LogP contribution in [0.1, 0.15) is 87.0 Å². The highest BCUT2D eigenvalue weighted by atomic mass is 31.3. The van der Waals surface area contributed by atoms with Gasteiger partial charge in [0.15, 0.2) is 0 Å². The molecule has 0 rings (SSSR count). The van der Waals surface area contributed by atoms with Crippen LogP contribution in [0.4, 0.5) is 0 Å². The Kier molecular flexibility index (Phi) is 16.9. The lowest BCUT2D eigenvalue weighted by Gasteiger charge is -2.15. The summed E-state index contributed by atoms with van der Waals surface area (Å²) < 4.78 is 37.9. The standard InChI is InChI=1S/C25H44O7P2/c1-21(2)11-8-13-23(5)15-10-16-25(7)18-20-31-34(28,29)32-33(26,27)30-19-17-24(6)14-9-12-22(3)4/h11-12,15,17-18H,8-10,13-14,16,19-20H2,1-7H3,(H,26,27)(H,28,29). The molecule has 0 saturated carbocycles. The van der Waals surface area contributed by atoms with Gasteiger partial charge in [-0.1, -0.05) is 58.2 Å². The van der Waals surface area contributed by atoms with Gasteiger partial charge in [-0.2, -0.15) is 4.31 Å². The van der Waals surface area contributed by atoms with Crippen molar-refractivity contribution in [3.8, 4) is 0 Å². The zero-order chi connectivity index (χ0) is 26.2. The van der Waals surface area contributed by atoms with Crippen LogP contribution in [0.3, 0.4) is 0 Å². The number of phosphoric ester groups is 2. The van der Waals surface area contributed by atoms with Crippen LogP contribution in [0.2, 0.25) is 0 Å². The summed E-state index contributed by atoms with van der Waals surface area (Å²) in [6, 6.07) is 0. The summed E-state index contributed by atoms with van der Waals surface area (Å²) in [6.45, 7) is 13.7. The fraction of sp³-hybridized carbons (Fsp3) is 0.600. The van der Waals surface area contributed by atoms with E-state index in [0.29, 0.717) is 0 Å². The lowest BCUT2D eigenvalue weighted by Crippen LogP contribution is -1.98. The zero-order valence-electron chi connectivity index (χ0n) is 21.9. The van der Waals surface area contributed by atoms with Crippen molar-refractivity contribution < 1.29 is 32.3 Å². The van der Waals surface area contributed by atoms with Crippen LogP contribution in [0.25, 0.3) is 0 Å². The first kappa shape index (κ1) is 33.0. The van der Waals surface area contributed by atoms with Gasteiger partial charge in [-0.15, -0.1) is 0 Å². The van der Waals surface area contributed by atoms with Crippen LogP contribution in [0, 0.1) is 0 Å². The quantitative estimate of drug-likeness (QED) is 0.147. The molecule has 0 aromatic heterocycles. The van der Waals surface area contributed by atoms with Crippen LogP contribution < -0.4 is 0 Å². The van der Waals surface area contributed by atoms with Gasteiger partial charge in [0.25, 0.3) is 0 Å². The van der Waals surface area contributed by atoms with Gasteiger partial charge in [0.05, 0.1) is 13.2 Å². The zero-order valence-corrected chi connectivity index (χ0v) is 23.7. The van der Waals surface area contributed by atoms with E-state index in [4.69, 9.17) is 9.05 Å². The van der Waals surface area contributed by atoms with Crippen molar-refractivity contribution in [3.63, 3.8) is 0 Å². The minimum atomic E-state index is -4.75. The first-order valence-electron chi connectivity index (χ1n) is 11.6. The summed E-state index contributed by atoms with van der Waals surface area (Å²) in [5.41, 5.74) is 5.81. The summed E-state index contributed by atoms with van der Waals surface area (Å²) in [5, 5.41) is 0. The third-order valence-electron chi connectivity index (χ3n) is 4.76. The molecule has 0 aliphatic heterocycles. The van der Waals surface area contributed by atoms with Crippen molar-refractivity contribution in [3.05, 3.63) is 58.2 Å². The molecule has 0 radical (unpaired) electrons. The Morgan fingerprint density at radius 3 is 1.26 bits per heavy atom. The third kappa shape index (κ3) is 20.3. The van der Waals surface area contributed by atoms with Gasteiger partial charge in [-0.25, -0.2) is 9.13 Å². The predicted molar refractivity (Wildman–Crippen MR) is 140 cm³/mol. The Bertz CT molecular complexity index is 858. The van der Waals surface area contributed by atoms with Crippen LogP contribution in [-0.4, -0.2) is 23.0 Å². The maximum atomic E-state index is 12.0. The minimum Gasteiger partial charge on any atom is -0.302 e. The Hall–Kier alpha value is -1.04. The maximum absolute atomic E-state index is 12.0. The van der Waals surface area contributed by atoms with Gasteiger partial charge in [0, 0.05) is 0 Å². The van der Waals surface area contributed by atoms with Crippen molar-refractivity contribution >= 4 is 15.6 Å². The van der Waals surface area contributed by atoms with E-state index >= 15 is 0 Å². The van der Waals surface area contributed by atoms with Gasteiger partial charge in [-0.05, 0) is 87.0 Å². The molecule has 0 aromatic rings. The average molecular weight is 519 g/mol. The number of hydrogen-bond acceptors (Lipinski definition) is 5. The minimum absolute atomic E-state index is 0.214. The van der Waals surface area contributed by atoms with E-state index in [1.54, 1.807) is 12.2 Å². The fourth-order valence-corrected chi connectivity index (χ4v) is 4.70. The van der Waals surface area contributed by atoms with Gasteiger partial charge in [0.2, 0.25) is 0 Å². The monoisotopic (exact) mass is 518 g/mol. The first-order valence-corrected chi connectivity index (χ1v) is 14.6. The molecule has 34 heavy (non-hydrogen) atoms. The van der Waals surface area contributed by atoms with Crippen LogP contribution >= 0.6 is 15.6 Å². The maximum Gasteiger partial charge on any atom is 0.481 e. The lowest BCUT2D eigenvalue weighted by molar-refractivity contribution is 0.170. The van der Waals surface area contributed by atoms with Crippen molar-refractivity contribution in [2.45, 2.75) is 87.0 Å². The molecule has 0 amide bonds. The van der Waals surface area contributed by atoms with Crippen LogP contribution in [-0.2, 0) is 22.5 Å². The molecule has 9 heteroatoms. The summed E-state index contributed by atoms with van der Waals surface area (Å²) in [5.74, 6) is 0. The van der Waals surface area contributed by atoms with Crippen molar-refractivity contribution in [2.24, 2.45) is 0 Å². The van der Waals surface area contributed by atoms with E-state index in [1.165, 1.54) is 16.7 Å². The molecule has 0 bridgehead atoms. The Morgan fingerprint density at radius 2 is 0.912 bits per heavy atom. The molecular formula is C25H44O7P2. The van der Waals surface area contributed by atoms with E-state index in [1.807, 2.05) is 27.7 Å². The molecule has 0 aromatic carbocycles. The molecule has 0 heterocycles. The normalized spacial score (nSPS) is 16.6. The largest absolute Gasteiger partial charge is 0.481 e. The van der Waals surface area contributed by atoms with E-state index < -0.39 is 15.6 Å². The smallest absolute Gasteiger partial charge is 0.302 e. The Balaban J connectivity index is 4.43. The molecule has 0 saturated heterocycles. The summed E-state index contributed by atoms with van der Waals surface area (Å²) in [4.78, 5) is 19.5. The molecule has 0 aliphatic carbocycles. The molecule has 2 atom stereocenters. The van der Waals surface area contributed by atoms with Gasteiger partial charge >= 0.3 is 15.6 Å². The number of allylic oxidation sites excluding steroid dienone is 8. The summed E-state index contributed by atoms with van der Waals surface area (Å²) >= 11 is 0. The van der Waals surface area contributed by atoms with Crippen LogP contribution in [0.15, 0.2) is 58.2 Å². The predicted octanol–water partition coefficient (Wildman–Crippen LogP) is 8.35. The second kappa shape index (κ2) is 17.4. The molecule has 7 nitrogen and oxygen atoms in total. The third-order valence-corrected chi connectivity index (χ3v) is 7.36. The van der Waals surface area contributed by atoms with Gasteiger partial charge < -0.3 is 9.79 Å². The average Bonchev–Trinajstić information content (AvgIpc) is 2.66. The molecule has 196 valence electrons. The summed E-state index contributed by atoms with van der Waals surface area (Å²) in [7, 11) is -9.50. The molecule has 0 fully saturated rings. The number of phosphoric acid groups is 2. The second-order valence-electron chi connectivity index (χ2n) is 8.94. The summed E-state index contributed by atoms with van der Waals surface area (Å²) in [6.07, 6.45) is 15.1. The van der Waals surface area contributed by atoms with E-state index in [0.717, 1.165) is 49.7 Å². The Morgan fingerprint density at radius 1 is 0.588 bits per heavy atom. The van der Waals surface area contributed by atoms with E-state index in [-0.39, 0.29) is 13.2 Å².